The Morgan fingerprint density at radius 3 is 2.72 bits per heavy atom. The normalized spacial score (nSPS) is 28.1. The fourth-order valence-corrected chi connectivity index (χ4v) is 3.03. The van der Waals surface area contributed by atoms with E-state index in [1.54, 1.807) is 0 Å². The fraction of sp³-hybridized carbons (Fsp3) is 0.533. The van der Waals surface area contributed by atoms with Crippen LogP contribution in [0.1, 0.15) is 43.1 Å². The summed E-state index contributed by atoms with van der Waals surface area (Å²) >= 11 is 0. The third-order valence-corrected chi connectivity index (χ3v) is 4.67. The minimum atomic E-state index is 0.0147. The second kappa shape index (κ2) is 3.82. The van der Waals surface area contributed by atoms with Gasteiger partial charge in [-0.2, -0.15) is 0 Å². The third kappa shape index (κ3) is 1.57. The van der Waals surface area contributed by atoms with Crippen molar-refractivity contribution in [1.82, 2.24) is 9.97 Å². The van der Waals surface area contributed by atoms with Crippen LogP contribution in [-0.4, -0.2) is 16.0 Å². The van der Waals surface area contributed by atoms with E-state index in [0.717, 1.165) is 29.7 Å². The number of nitrogens with two attached hydrogens (primary N) is 1. The van der Waals surface area contributed by atoms with Crippen LogP contribution in [-0.2, 0) is 5.41 Å². The number of H-pyrrole nitrogens is 1. The van der Waals surface area contributed by atoms with E-state index >= 15 is 0 Å². The van der Waals surface area contributed by atoms with Gasteiger partial charge in [-0.1, -0.05) is 13.3 Å². The van der Waals surface area contributed by atoms with E-state index in [1.807, 2.05) is 0 Å². The van der Waals surface area contributed by atoms with E-state index in [2.05, 4.69) is 37.9 Å². The molecule has 3 heteroatoms. The van der Waals surface area contributed by atoms with Crippen LogP contribution in [0.3, 0.4) is 0 Å². The van der Waals surface area contributed by atoms with Crippen LogP contribution in [0.2, 0.25) is 0 Å². The Labute approximate surface area is 108 Å². The second-order valence-corrected chi connectivity index (χ2v) is 5.96. The smallest absolute Gasteiger partial charge is 0.114 e. The Kier molecular flexibility index (Phi) is 2.49. The van der Waals surface area contributed by atoms with Crippen LogP contribution < -0.4 is 5.73 Å². The Morgan fingerprint density at radius 2 is 2.06 bits per heavy atom. The highest BCUT2D eigenvalue weighted by atomic mass is 15.0. The molecule has 0 aliphatic heterocycles. The molecule has 1 saturated carbocycles. The molecule has 3 rings (SSSR count). The molecule has 1 aromatic carbocycles. The van der Waals surface area contributed by atoms with Crippen molar-refractivity contribution in [3.8, 4) is 0 Å². The summed E-state index contributed by atoms with van der Waals surface area (Å²) in [6.45, 7) is 6.51. The molecular weight excluding hydrogens is 222 g/mol. The topological polar surface area (TPSA) is 54.7 Å². The lowest BCUT2D eigenvalue weighted by molar-refractivity contribution is 0.409. The standard InChI is InChI=1S/C15H21N3/c1-9-7-11-12(8-10(9)2)18-14(17-11)15(3)6-4-5-13(15)16/h7-8,13H,4-6,16H2,1-3H3,(H,17,18). The van der Waals surface area contributed by atoms with Crippen molar-refractivity contribution in [2.24, 2.45) is 5.73 Å². The van der Waals surface area contributed by atoms with Gasteiger partial charge in [0.15, 0.2) is 0 Å². The summed E-state index contributed by atoms with van der Waals surface area (Å²) in [4.78, 5) is 8.27. The fourth-order valence-electron chi connectivity index (χ4n) is 3.03. The first kappa shape index (κ1) is 11.7. The van der Waals surface area contributed by atoms with Gasteiger partial charge >= 0.3 is 0 Å². The van der Waals surface area contributed by atoms with Crippen molar-refractivity contribution in [1.29, 1.82) is 0 Å². The number of nitrogens with zero attached hydrogens (tertiary/aromatic N) is 1. The third-order valence-electron chi connectivity index (χ3n) is 4.67. The van der Waals surface area contributed by atoms with Gasteiger partial charge in [-0.3, -0.25) is 0 Å². The Morgan fingerprint density at radius 1 is 1.33 bits per heavy atom. The summed E-state index contributed by atoms with van der Waals surface area (Å²) in [7, 11) is 0. The van der Waals surface area contributed by atoms with Crippen LogP contribution in [0.15, 0.2) is 12.1 Å². The zero-order valence-electron chi connectivity index (χ0n) is 11.4. The Bertz CT molecular complexity index is 560. The zero-order chi connectivity index (χ0) is 12.9. The lowest BCUT2D eigenvalue weighted by atomic mass is 9.84. The monoisotopic (exact) mass is 243 g/mol. The number of aromatic nitrogens is 2. The van der Waals surface area contributed by atoms with Crippen LogP contribution >= 0.6 is 0 Å². The van der Waals surface area contributed by atoms with Gasteiger partial charge in [-0.25, -0.2) is 4.98 Å². The van der Waals surface area contributed by atoms with Gasteiger partial charge in [0, 0.05) is 11.5 Å². The van der Waals surface area contributed by atoms with Crippen molar-refractivity contribution in [2.45, 2.75) is 51.5 Å². The summed E-state index contributed by atoms with van der Waals surface area (Å²) in [5, 5.41) is 0. The van der Waals surface area contributed by atoms with Gasteiger partial charge in [-0.15, -0.1) is 0 Å². The molecule has 2 atom stereocenters. The average Bonchev–Trinajstić information content (AvgIpc) is 2.86. The predicted molar refractivity (Wildman–Crippen MR) is 74.7 cm³/mol. The first-order chi connectivity index (χ1) is 8.50. The number of hydrogen-bond acceptors (Lipinski definition) is 2. The van der Waals surface area contributed by atoms with Crippen molar-refractivity contribution in [2.75, 3.05) is 0 Å². The van der Waals surface area contributed by atoms with E-state index in [1.165, 1.54) is 17.5 Å². The number of nitrogens with one attached hydrogen (secondary N) is 1. The van der Waals surface area contributed by atoms with Crippen LogP contribution in [0.4, 0.5) is 0 Å². The number of fused-ring (bicyclic) bond motifs is 1. The molecular formula is C15H21N3. The molecule has 1 aliphatic carbocycles. The average molecular weight is 243 g/mol. The maximum absolute atomic E-state index is 6.27. The van der Waals surface area contributed by atoms with E-state index in [-0.39, 0.29) is 11.5 Å². The van der Waals surface area contributed by atoms with Crippen molar-refractivity contribution in [3.63, 3.8) is 0 Å². The lowest BCUT2D eigenvalue weighted by Crippen LogP contribution is -2.39. The molecule has 0 spiro atoms. The molecule has 1 heterocycles. The van der Waals surface area contributed by atoms with E-state index in [4.69, 9.17) is 10.7 Å². The van der Waals surface area contributed by atoms with Crippen LogP contribution in [0.25, 0.3) is 11.0 Å². The summed E-state index contributed by atoms with van der Waals surface area (Å²) in [6.07, 6.45) is 3.43. The Hall–Kier alpha value is -1.35. The van der Waals surface area contributed by atoms with Crippen molar-refractivity contribution in [3.05, 3.63) is 29.1 Å². The summed E-state index contributed by atoms with van der Waals surface area (Å²) in [5.41, 5.74) is 11.1. The summed E-state index contributed by atoms with van der Waals surface area (Å²) < 4.78 is 0. The summed E-state index contributed by atoms with van der Waals surface area (Å²) in [6, 6.07) is 4.57. The number of benzene rings is 1. The van der Waals surface area contributed by atoms with E-state index < -0.39 is 0 Å². The van der Waals surface area contributed by atoms with Gasteiger partial charge in [0.05, 0.1) is 11.0 Å². The molecule has 0 saturated heterocycles. The molecule has 96 valence electrons. The van der Waals surface area contributed by atoms with Gasteiger partial charge in [0.1, 0.15) is 5.82 Å². The molecule has 1 aliphatic rings. The molecule has 1 fully saturated rings. The molecule has 18 heavy (non-hydrogen) atoms. The van der Waals surface area contributed by atoms with E-state index in [0.29, 0.717) is 0 Å². The van der Waals surface area contributed by atoms with Gasteiger partial charge < -0.3 is 10.7 Å². The Balaban J connectivity index is 2.14. The minimum absolute atomic E-state index is 0.0147. The van der Waals surface area contributed by atoms with Gasteiger partial charge in [0.2, 0.25) is 0 Å². The van der Waals surface area contributed by atoms with Crippen molar-refractivity contribution >= 4 is 11.0 Å². The molecule has 3 N–H and O–H groups in total. The largest absolute Gasteiger partial charge is 0.341 e. The second-order valence-electron chi connectivity index (χ2n) is 5.96. The molecule has 3 nitrogen and oxygen atoms in total. The van der Waals surface area contributed by atoms with Crippen LogP contribution in [0.5, 0.6) is 0 Å². The molecule has 2 unspecified atom stereocenters. The number of hydrogen-bond donors (Lipinski definition) is 2. The molecule has 0 radical (unpaired) electrons. The highest BCUT2D eigenvalue weighted by molar-refractivity contribution is 5.77. The number of aryl methyl sites for hydroxylation is 2. The van der Waals surface area contributed by atoms with Gasteiger partial charge in [-0.05, 0) is 49.9 Å². The molecule has 0 bridgehead atoms. The molecule has 1 aromatic heterocycles. The number of imidazole rings is 1. The number of aromatic amines is 1. The lowest BCUT2D eigenvalue weighted by Gasteiger charge is -2.26. The van der Waals surface area contributed by atoms with E-state index in [9.17, 15) is 0 Å². The zero-order valence-corrected chi connectivity index (χ0v) is 11.4. The quantitative estimate of drug-likeness (QED) is 0.809. The van der Waals surface area contributed by atoms with Crippen molar-refractivity contribution < 1.29 is 0 Å². The minimum Gasteiger partial charge on any atom is -0.341 e. The number of rotatable bonds is 1. The summed E-state index contributed by atoms with van der Waals surface area (Å²) in [5.74, 6) is 1.06. The molecule has 0 amide bonds. The molecule has 2 aromatic rings. The first-order valence-electron chi connectivity index (χ1n) is 6.74. The first-order valence-corrected chi connectivity index (χ1v) is 6.74. The predicted octanol–water partition coefficient (Wildman–Crippen LogP) is 2.95. The van der Waals surface area contributed by atoms with Crippen LogP contribution in [0, 0.1) is 13.8 Å². The maximum atomic E-state index is 6.27. The maximum Gasteiger partial charge on any atom is 0.114 e. The SMILES string of the molecule is Cc1cc2nc(C3(C)CCCC3N)[nH]c2cc1C. The van der Waals surface area contributed by atoms with Gasteiger partial charge in [0.25, 0.3) is 0 Å². The highest BCUT2D eigenvalue weighted by Crippen LogP contribution is 2.39. The highest BCUT2D eigenvalue weighted by Gasteiger charge is 2.40.